The summed E-state index contributed by atoms with van der Waals surface area (Å²) in [5.74, 6) is -1.50. The maximum Gasteiger partial charge on any atom is 0.573 e. The molecule has 7 nitrogen and oxygen atoms in total. The average Bonchev–Trinajstić information content (AvgIpc) is 2.90. The number of rotatable bonds is 5. The Labute approximate surface area is 182 Å². The third-order valence-corrected chi connectivity index (χ3v) is 4.45. The summed E-state index contributed by atoms with van der Waals surface area (Å²) in [4.78, 5) is 38.8. The van der Waals surface area contributed by atoms with Crippen LogP contribution in [0.25, 0.3) is 0 Å². The Morgan fingerprint density at radius 1 is 0.969 bits per heavy atom. The van der Waals surface area contributed by atoms with Crippen LogP contribution in [0.1, 0.15) is 53.1 Å². The predicted octanol–water partition coefficient (Wildman–Crippen LogP) is 4.45. The minimum Gasteiger partial charge on any atom is -0.444 e. The molecule has 0 aromatic heterocycles. The summed E-state index contributed by atoms with van der Waals surface area (Å²) in [5.41, 5.74) is 0.0148. The van der Waals surface area contributed by atoms with Crippen LogP contribution in [0.2, 0.25) is 0 Å². The van der Waals surface area contributed by atoms with E-state index in [2.05, 4.69) is 10.1 Å². The number of hydrogen-bond donors (Lipinski definition) is 1. The van der Waals surface area contributed by atoms with Gasteiger partial charge in [-0.2, -0.15) is 0 Å². The molecule has 2 aromatic carbocycles. The minimum absolute atomic E-state index is 0.238. The molecular formula is C22H21F3N2O5. The van der Waals surface area contributed by atoms with Crippen molar-refractivity contribution in [2.45, 2.75) is 38.8 Å². The number of fused-ring (bicyclic) bond motifs is 1. The highest BCUT2D eigenvalue weighted by Gasteiger charge is 2.37. The molecule has 2 aromatic rings. The molecule has 0 fully saturated rings. The molecule has 0 aliphatic carbocycles. The van der Waals surface area contributed by atoms with Crippen molar-refractivity contribution in [2.75, 3.05) is 6.54 Å². The van der Waals surface area contributed by atoms with Gasteiger partial charge in [-0.25, -0.2) is 4.79 Å². The van der Waals surface area contributed by atoms with Crippen molar-refractivity contribution >= 4 is 17.9 Å². The van der Waals surface area contributed by atoms with Crippen LogP contribution in [0.15, 0.2) is 48.5 Å². The van der Waals surface area contributed by atoms with Gasteiger partial charge in [0.25, 0.3) is 11.8 Å². The van der Waals surface area contributed by atoms with Gasteiger partial charge >= 0.3 is 12.5 Å². The summed E-state index contributed by atoms with van der Waals surface area (Å²) < 4.78 is 46.4. The van der Waals surface area contributed by atoms with Gasteiger partial charge in [0.05, 0.1) is 23.7 Å². The second-order valence-electron chi connectivity index (χ2n) is 8.08. The van der Waals surface area contributed by atoms with Gasteiger partial charge < -0.3 is 14.8 Å². The van der Waals surface area contributed by atoms with Crippen LogP contribution in [0.3, 0.4) is 0 Å². The fraction of sp³-hybridized carbons (Fsp3) is 0.318. The quantitative estimate of drug-likeness (QED) is 0.681. The molecule has 0 spiro atoms. The van der Waals surface area contributed by atoms with Crippen molar-refractivity contribution in [1.29, 1.82) is 0 Å². The van der Waals surface area contributed by atoms with Gasteiger partial charge in [-0.1, -0.05) is 24.3 Å². The fourth-order valence-electron chi connectivity index (χ4n) is 3.17. The molecule has 0 radical (unpaired) electrons. The number of benzene rings is 2. The third-order valence-electron chi connectivity index (χ3n) is 4.45. The van der Waals surface area contributed by atoms with Gasteiger partial charge in [-0.3, -0.25) is 14.5 Å². The van der Waals surface area contributed by atoms with E-state index in [1.807, 2.05) is 0 Å². The Kier molecular flexibility index (Phi) is 6.16. The number of imide groups is 1. The number of alkyl halides is 3. The van der Waals surface area contributed by atoms with Crippen molar-refractivity contribution in [3.63, 3.8) is 0 Å². The van der Waals surface area contributed by atoms with E-state index in [1.165, 1.54) is 24.3 Å². The van der Waals surface area contributed by atoms with Crippen LogP contribution in [-0.2, 0) is 4.74 Å². The molecule has 1 unspecified atom stereocenters. The molecule has 0 saturated heterocycles. The lowest BCUT2D eigenvalue weighted by molar-refractivity contribution is -0.274. The molecule has 3 amide bonds. The Hall–Kier alpha value is -3.56. The van der Waals surface area contributed by atoms with E-state index in [-0.39, 0.29) is 17.7 Å². The first-order valence-electron chi connectivity index (χ1n) is 9.64. The van der Waals surface area contributed by atoms with Gasteiger partial charge in [0.15, 0.2) is 0 Å². The molecule has 170 valence electrons. The van der Waals surface area contributed by atoms with Crippen molar-refractivity contribution < 1.29 is 37.0 Å². The van der Waals surface area contributed by atoms with Gasteiger partial charge in [0, 0.05) is 0 Å². The zero-order valence-corrected chi connectivity index (χ0v) is 17.5. The number of amides is 3. The number of hydrogen-bond acceptors (Lipinski definition) is 5. The third kappa shape index (κ3) is 5.57. The first-order chi connectivity index (χ1) is 14.8. The molecule has 0 bridgehead atoms. The normalized spacial score (nSPS) is 14.8. The minimum atomic E-state index is -4.85. The fourth-order valence-corrected chi connectivity index (χ4v) is 3.17. The maximum absolute atomic E-state index is 12.7. The molecule has 1 heterocycles. The van der Waals surface area contributed by atoms with Gasteiger partial charge in [-0.15, -0.1) is 13.2 Å². The molecule has 3 rings (SSSR count). The molecule has 0 saturated carbocycles. The Morgan fingerprint density at radius 2 is 1.50 bits per heavy atom. The summed E-state index contributed by atoms with van der Waals surface area (Å²) in [6.07, 6.45) is -5.66. The van der Waals surface area contributed by atoms with E-state index in [0.29, 0.717) is 5.56 Å². The van der Waals surface area contributed by atoms with E-state index in [9.17, 15) is 27.6 Å². The number of alkyl carbamates (subject to hydrolysis) is 1. The second-order valence-corrected chi connectivity index (χ2v) is 8.08. The monoisotopic (exact) mass is 450 g/mol. The first kappa shape index (κ1) is 23.1. The largest absolute Gasteiger partial charge is 0.573 e. The van der Waals surface area contributed by atoms with Crippen molar-refractivity contribution in [2.24, 2.45) is 0 Å². The Balaban J connectivity index is 1.85. The van der Waals surface area contributed by atoms with Crippen LogP contribution >= 0.6 is 0 Å². The number of ether oxygens (including phenoxy) is 2. The number of nitrogens with one attached hydrogen (secondary N) is 1. The van der Waals surface area contributed by atoms with Crippen LogP contribution in [0, 0.1) is 0 Å². The number of carbonyl (C=O) groups is 3. The summed E-state index contributed by atoms with van der Waals surface area (Å²) in [6.45, 7) is 4.74. The van der Waals surface area contributed by atoms with E-state index in [1.54, 1.807) is 32.9 Å². The Bertz CT molecular complexity index is 994. The lowest BCUT2D eigenvalue weighted by Gasteiger charge is -2.26. The van der Waals surface area contributed by atoms with Gasteiger partial charge in [-0.05, 0) is 50.6 Å². The molecule has 10 heteroatoms. The summed E-state index contributed by atoms with van der Waals surface area (Å²) in [7, 11) is 0. The van der Waals surface area contributed by atoms with Gasteiger partial charge in [0.1, 0.15) is 11.4 Å². The number of halogens is 3. The summed E-state index contributed by atoms with van der Waals surface area (Å²) in [5, 5.41) is 2.58. The molecule has 1 aliphatic heterocycles. The lowest BCUT2D eigenvalue weighted by Crippen LogP contribution is -2.42. The van der Waals surface area contributed by atoms with Crippen molar-refractivity contribution in [1.82, 2.24) is 10.2 Å². The highest BCUT2D eigenvalue weighted by molar-refractivity contribution is 6.21. The zero-order chi connectivity index (χ0) is 23.7. The summed E-state index contributed by atoms with van der Waals surface area (Å²) in [6, 6.07) is 10.1. The van der Waals surface area contributed by atoms with Crippen molar-refractivity contribution in [3.05, 3.63) is 65.2 Å². The Morgan fingerprint density at radius 3 is 1.97 bits per heavy atom. The standard InChI is InChI=1S/C22H21F3N2O5/c1-21(2,3)32-20(30)26-17(13-8-10-14(11-9-13)31-22(23,24)25)12-27-18(28)15-6-4-5-7-16(15)19(27)29/h4-11,17H,12H2,1-3H3,(H,26,30). The molecule has 1 aliphatic rings. The number of carbonyl (C=O) groups excluding carboxylic acids is 3. The highest BCUT2D eigenvalue weighted by atomic mass is 19.4. The molecule has 1 N–H and O–H groups in total. The molecule has 32 heavy (non-hydrogen) atoms. The van der Waals surface area contributed by atoms with Crippen LogP contribution in [0.4, 0.5) is 18.0 Å². The first-order valence-corrected chi connectivity index (χ1v) is 9.64. The predicted molar refractivity (Wildman–Crippen MR) is 107 cm³/mol. The van der Waals surface area contributed by atoms with E-state index < -0.39 is 41.7 Å². The van der Waals surface area contributed by atoms with Crippen LogP contribution in [-0.4, -0.2) is 41.3 Å². The van der Waals surface area contributed by atoms with E-state index in [0.717, 1.165) is 17.0 Å². The van der Waals surface area contributed by atoms with Gasteiger partial charge in [0.2, 0.25) is 0 Å². The van der Waals surface area contributed by atoms with Crippen LogP contribution < -0.4 is 10.1 Å². The summed E-state index contributed by atoms with van der Waals surface area (Å²) >= 11 is 0. The van der Waals surface area contributed by atoms with E-state index >= 15 is 0 Å². The zero-order valence-electron chi connectivity index (χ0n) is 17.5. The maximum atomic E-state index is 12.7. The topological polar surface area (TPSA) is 84.9 Å². The van der Waals surface area contributed by atoms with Crippen LogP contribution in [0.5, 0.6) is 5.75 Å². The SMILES string of the molecule is CC(C)(C)OC(=O)NC(CN1C(=O)c2ccccc2C1=O)c1ccc(OC(F)(F)F)cc1. The second kappa shape index (κ2) is 8.52. The highest BCUT2D eigenvalue weighted by Crippen LogP contribution is 2.28. The molecular weight excluding hydrogens is 429 g/mol. The molecule has 1 atom stereocenters. The average molecular weight is 450 g/mol. The van der Waals surface area contributed by atoms with E-state index in [4.69, 9.17) is 4.74 Å². The lowest BCUT2D eigenvalue weighted by atomic mass is 10.1. The smallest absolute Gasteiger partial charge is 0.444 e. The van der Waals surface area contributed by atoms with Crippen molar-refractivity contribution in [3.8, 4) is 5.75 Å². The number of nitrogens with zero attached hydrogens (tertiary/aromatic N) is 1.